The van der Waals surface area contributed by atoms with Gasteiger partial charge in [-0.15, -0.1) is 0 Å². The van der Waals surface area contributed by atoms with Crippen LogP contribution in [0.3, 0.4) is 0 Å². The van der Waals surface area contributed by atoms with Gasteiger partial charge in [-0.3, -0.25) is 4.79 Å². The number of sulfonamides is 1. The highest BCUT2D eigenvalue weighted by atomic mass is 32.2. The number of hydrogen-bond donors (Lipinski definition) is 1. The summed E-state index contributed by atoms with van der Waals surface area (Å²) in [5, 5.41) is 2.81. The average Bonchev–Trinajstić information content (AvgIpc) is 2.90. The van der Waals surface area contributed by atoms with E-state index >= 15 is 0 Å². The molecule has 0 unspecified atom stereocenters. The Labute approximate surface area is 188 Å². The van der Waals surface area contributed by atoms with Crippen LogP contribution in [-0.4, -0.2) is 52.5 Å². The van der Waals surface area contributed by atoms with Crippen molar-refractivity contribution < 1.29 is 27.4 Å². The molecule has 0 saturated carbocycles. The van der Waals surface area contributed by atoms with E-state index in [-0.39, 0.29) is 18.0 Å². The van der Waals surface area contributed by atoms with Crippen LogP contribution in [0.25, 0.3) is 5.57 Å². The summed E-state index contributed by atoms with van der Waals surface area (Å²) in [7, 11) is 0.680. The monoisotopic (exact) mass is 460 g/mol. The van der Waals surface area contributed by atoms with Crippen molar-refractivity contribution in [2.75, 3.05) is 27.9 Å². The standard InChI is InChI=1S/C23H28N2O6S/c1-15-10-11-25(32(27,28)21-9-7-6-8-18(15)21)16(2)23(26)24-14-17-12-19(29-3)22(31-5)20(13-17)30-4/h6-9,12-13,16H,1,10-11,14H2,2-5H3,(H,24,26)/t16-/m1/s1. The van der Waals surface area contributed by atoms with E-state index in [0.717, 1.165) is 11.1 Å². The molecule has 0 aliphatic carbocycles. The Kier molecular flexibility index (Phi) is 7.10. The Morgan fingerprint density at radius 3 is 2.34 bits per heavy atom. The number of nitrogens with zero attached hydrogens (tertiary/aromatic N) is 1. The quantitative estimate of drug-likeness (QED) is 0.683. The molecule has 1 aliphatic heterocycles. The molecule has 8 nitrogen and oxygen atoms in total. The fraction of sp³-hybridized carbons (Fsp3) is 0.348. The molecular formula is C23H28N2O6S. The summed E-state index contributed by atoms with van der Waals surface area (Å²) in [5.41, 5.74) is 2.05. The number of nitrogens with one attached hydrogen (secondary N) is 1. The van der Waals surface area contributed by atoms with E-state index < -0.39 is 22.0 Å². The molecule has 1 N–H and O–H groups in total. The Hall–Kier alpha value is -3.04. The number of methoxy groups -OCH3 is 3. The fourth-order valence-electron chi connectivity index (χ4n) is 3.72. The summed E-state index contributed by atoms with van der Waals surface area (Å²) < 4.78 is 43.8. The summed E-state index contributed by atoms with van der Waals surface area (Å²) in [6.45, 7) is 5.94. The fourth-order valence-corrected chi connectivity index (χ4v) is 5.55. The van der Waals surface area contributed by atoms with Crippen molar-refractivity contribution >= 4 is 21.5 Å². The molecule has 0 aromatic heterocycles. The lowest BCUT2D eigenvalue weighted by Gasteiger charge is -2.26. The van der Waals surface area contributed by atoms with Crippen LogP contribution < -0.4 is 19.5 Å². The van der Waals surface area contributed by atoms with Gasteiger partial charge in [0.25, 0.3) is 0 Å². The van der Waals surface area contributed by atoms with E-state index in [9.17, 15) is 13.2 Å². The Bertz CT molecular complexity index is 1100. The Morgan fingerprint density at radius 1 is 1.12 bits per heavy atom. The van der Waals surface area contributed by atoms with Crippen molar-refractivity contribution in [2.24, 2.45) is 0 Å². The van der Waals surface area contributed by atoms with Crippen LogP contribution in [0.4, 0.5) is 0 Å². The van der Waals surface area contributed by atoms with Crippen LogP contribution in [0, 0.1) is 0 Å². The third kappa shape index (κ3) is 4.44. The topological polar surface area (TPSA) is 94.2 Å². The van der Waals surface area contributed by atoms with Gasteiger partial charge in [0.1, 0.15) is 6.04 Å². The molecule has 0 saturated heterocycles. The molecule has 1 atom stereocenters. The molecule has 9 heteroatoms. The van der Waals surface area contributed by atoms with Crippen LogP contribution in [-0.2, 0) is 21.4 Å². The van der Waals surface area contributed by atoms with Crippen molar-refractivity contribution in [3.05, 3.63) is 54.1 Å². The van der Waals surface area contributed by atoms with E-state index in [1.165, 1.54) is 25.6 Å². The largest absolute Gasteiger partial charge is 0.493 e. The second-order valence-electron chi connectivity index (χ2n) is 7.39. The molecule has 2 aromatic rings. The number of benzene rings is 2. The zero-order chi connectivity index (χ0) is 23.5. The number of carbonyl (C=O) groups excluding carboxylic acids is 1. The Balaban J connectivity index is 1.80. The van der Waals surface area contributed by atoms with Crippen molar-refractivity contribution in [1.82, 2.24) is 9.62 Å². The maximum Gasteiger partial charge on any atom is 0.244 e. The van der Waals surface area contributed by atoms with Gasteiger partial charge in [-0.2, -0.15) is 4.31 Å². The maximum absolute atomic E-state index is 13.3. The van der Waals surface area contributed by atoms with Gasteiger partial charge >= 0.3 is 0 Å². The van der Waals surface area contributed by atoms with Crippen molar-refractivity contribution in [1.29, 1.82) is 0 Å². The highest BCUT2D eigenvalue weighted by Crippen LogP contribution is 2.38. The lowest BCUT2D eigenvalue weighted by atomic mass is 10.0. The zero-order valence-corrected chi connectivity index (χ0v) is 19.5. The van der Waals surface area contributed by atoms with Crippen LogP contribution >= 0.6 is 0 Å². The molecule has 172 valence electrons. The zero-order valence-electron chi connectivity index (χ0n) is 18.7. The molecular weight excluding hydrogens is 432 g/mol. The number of ether oxygens (including phenoxy) is 3. The first kappa shape index (κ1) is 23.6. The molecule has 3 rings (SSSR count). The van der Waals surface area contributed by atoms with Gasteiger partial charge in [-0.1, -0.05) is 24.8 Å². The van der Waals surface area contributed by atoms with Gasteiger partial charge < -0.3 is 19.5 Å². The van der Waals surface area contributed by atoms with Gasteiger partial charge in [-0.25, -0.2) is 8.42 Å². The van der Waals surface area contributed by atoms with Crippen LogP contribution in [0.5, 0.6) is 17.2 Å². The van der Waals surface area contributed by atoms with Crippen LogP contribution in [0.2, 0.25) is 0 Å². The summed E-state index contributed by atoms with van der Waals surface area (Å²) in [6, 6.07) is 9.30. The number of rotatable bonds is 7. The molecule has 32 heavy (non-hydrogen) atoms. The van der Waals surface area contributed by atoms with Gasteiger partial charge in [0.05, 0.1) is 26.2 Å². The summed E-state index contributed by atoms with van der Waals surface area (Å²) in [5.74, 6) is 0.976. The second-order valence-corrected chi connectivity index (χ2v) is 9.25. The predicted molar refractivity (Wildman–Crippen MR) is 121 cm³/mol. The second kappa shape index (κ2) is 9.62. The van der Waals surface area contributed by atoms with Crippen molar-refractivity contribution in [3.8, 4) is 17.2 Å². The van der Waals surface area contributed by atoms with E-state index in [0.29, 0.717) is 29.2 Å². The number of carbonyl (C=O) groups is 1. The normalized spacial score (nSPS) is 16.4. The van der Waals surface area contributed by atoms with E-state index in [1.807, 2.05) is 0 Å². The lowest BCUT2D eigenvalue weighted by Crippen LogP contribution is -2.47. The highest BCUT2D eigenvalue weighted by molar-refractivity contribution is 7.89. The van der Waals surface area contributed by atoms with Crippen molar-refractivity contribution in [2.45, 2.75) is 30.8 Å². The first-order chi connectivity index (χ1) is 15.2. The van der Waals surface area contributed by atoms with Crippen molar-refractivity contribution in [3.63, 3.8) is 0 Å². The van der Waals surface area contributed by atoms with Gasteiger partial charge in [0.2, 0.25) is 21.7 Å². The predicted octanol–water partition coefficient (Wildman–Crippen LogP) is 2.82. The van der Waals surface area contributed by atoms with E-state index in [1.54, 1.807) is 43.3 Å². The third-order valence-corrected chi connectivity index (χ3v) is 7.52. The average molecular weight is 461 g/mol. The number of fused-ring (bicyclic) bond motifs is 1. The van der Waals surface area contributed by atoms with Crippen LogP contribution in [0.1, 0.15) is 24.5 Å². The molecule has 1 aliphatic rings. The first-order valence-electron chi connectivity index (χ1n) is 10.1. The van der Waals surface area contributed by atoms with Gasteiger partial charge in [0.15, 0.2) is 11.5 Å². The smallest absolute Gasteiger partial charge is 0.244 e. The summed E-state index contributed by atoms with van der Waals surface area (Å²) in [4.78, 5) is 13.1. The van der Waals surface area contributed by atoms with Gasteiger partial charge in [0, 0.05) is 13.1 Å². The molecule has 1 amide bonds. The highest BCUT2D eigenvalue weighted by Gasteiger charge is 2.36. The van der Waals surface area contributed by atoms with Gasteiger partial charge in [-0.05, 0) is 48.2 Å². The van der Waals surface area contributed by atoms with E-state index in [2.05, 4.69) is 11.9 Å². The minimum atomic E-state index is -3.85. The van der Waals surface area contributed by atoms with Crippen LogP contribution in [0.15, 0.2) is 47.9 Å². The number of amides is 1. The minimum absolute atomic E-state index is 0.164. The molecule has 0 fully saturated rings. The molecule has 1 heterocycles. The Morgan fingerprint density at radius 2 is 1.75 bits per heavy atom. The minimum Gasteiger partial charge on any atom is -0.493 e. The molecule has 0 spiro atoms. The number of hydrogen-bond acceptors (Lipinski definition) is 6. The maximum atomic E-state index is 13.3. The van der Waals surface area contributed by atoms with E-state index in [4.69, 9.17) is 14.2 Å². The summed E-state index contributed by atoms with van der Waals surface area (Å²) in [6.07, 6.45) is 0.445. The molecule has 0 bridgehead atoms. The lowest BCUT2D eigenvalue weighted by molar-refractivity contribution is -0.124. The third-order valence-electron chi connectivity index (χ3n) is 5.49. The SMILES string of the molecule is C=C1CCN([C@H](C)C(=O)NCc2cc(OC)c(OC)c(OC)c2)S(=O)(=O)c2ccccc21. The summed E-state index contributed by atoms with van der Waals surface area (Å²) >= 11 is 0. The molecule has 0 radical (unpaired) electrons. The first-order valence-corrected chi connectivity index (χ1v) is 11.5. The molecule has 2 aromatic carbocycles.